The van der Waals surface area contributed by atoms with Gasteiger partial charge in [0.05, 0.1) is 17.0 Å². The first-order valence-electron chi connectivity index (χ1n) is 4.92. The third kappa shape index (κ3) is 3.60. The number of amidine groups is 1. The van der Waals surface area contributed by atoms with Crippen LogP contribution in [0.4, 0.5) is 0 Å². The van der Waals surface area contributed by atoms with Gasteiger partial charge in [-0.1, -0.05) is 6.92 Å². The van der Waals surface area contributed by atoms with Crippen LogP contribution in [0.15, 0.2) is 5.51 Å². The van der Waals surface area contributed by atoms with Crippen molar-refractivity contribution in [2.24, 2.45) is 11.7 Å². The topological polar surface area (TPSA) is 66.0 Å². The molecule has 3 N–H and O–H groups in total. The van der Waals surface area contributed by atoms with E-state index in [1.54, 1.807) is 11.3 Å². The SMILES string of the molecule is Cc1ncsc1CN(C)CC(C)C(=N)N. The van der Waals surface area contributed by atoms with Crippen molar-refractivity contribution in [1.82, 2.24) is 9.88 Å². The van der Waals surface area contributed by atoms with Crippen molar-refractivity contribution >= 4 is 17.2 Å². The van der Waals surface area contributed by atoms with E-state index in [1.165, 1.54) is 4.88 Å². The van der Waals surface area contributed by atoms with Gasteiger partial charge in [0.2, 0.25) is 0 Å². The van der Waals surface area contributed by atoms with Crippen LogP contribution >= 0.6 is 11.3 Å². The fourth-order valence-corrected chi connectivity index (χ4v) is 2.21. The molecule has 1 rings (SSSR count). The number of nitrogens with two attached hydrogens (primary N) is 1. The summed E-state index contributed by atoms with van der Waals surface area (Å²) in [5, 5.41) is 7.33. The van der Waals surface area contributed by atoms with E-state index in [1.807, 2.05) is 26.4 Å². The minimum absolute atomic E-state index is 0.114. The molecule has 0 aliphatic carbocycles. The molecule has 0 amide bonds. The predicted molar refractivity (Wildman–Crippen MR) is 64.3 cm³/mol. The van der Waals surface area contributed by atoms with Crippen molar-refractivity contribution in [1.29, 1.82) is 5.41 Å². The van der Waals surface area contributed by atoms with Gasteiger partial charge in [0.15, 0.2) is 0 Å². The Labute approximate surface area is 94.6 Å². The number of hydrogen-bond donors (Lipinski definition) is 2. The maximum atomic E-state index is 7.33. The number of aryl methyl sites for hydroxylation is 1. The standard InChI is InChI=1S/C10H18N4S/c1-7(10(11)12)4-14(3)5-9-8(2)13-6-15-9/h6-7H,4-5H2,1-3H3,(H3,11,12). The zero-order valence-electron chi connectivity index (χ0n) is 9.45. The quantitative estimate of drug-likeness (QED) is 0.590. The molecular formula is C10H18N4S. The number of nitrogens with one attached hydrogen (secondary N) is 1. The van der Waals surface area contributed by atoms with E-state index in [9.17, 15) is 0 Å². The van der Waals surface area contributed by atoms with Gasteiger partial charge in [-0.3, -0.25) is 5.41 Å². The van der Waals surface area contributed by atoms with Crippen LogP contribution in [-0.2, 0) is 6.54 Å². The number of thiazole rings is 1. The van der Waals surface area contributed by atoms with E-state index in [0.29, 0.717) is 0 Å². The highest BCUT2D eigenvalue weighted by Gasteiger charge is 2.11. The second-order valence-electron chi connectivity index (χ2n) is 3.91. The predicted octanol–water partition coefficient (Wildman–Crippen LogP) is 1.46. The molecule has 0 saturated heterocycles. The molecule has 0 aliphatic rings. The van der Waals surface area contributed by atoms with Crippen LogP contribution in [0.1, 0.15) is 17.5 Å². The maximum absolute atomic E-state index is 7.33. The van der Waals surface area contributed by atoms with Crippen LogP contribution in [0.5, 0.6) is 0 Å². The summed E-state index contributed by atoms with van der Waals surface area (Å²) in [5.41, 5.74) is 8.40. The number of hydrogen-bond acceptors (Lipinski definition) is 4. The Morgan fingerprint density at radius 1 is 1.73 bits per heavy atom. The lowest BCUT2D eigenvalue weighted by atomic mass is 10.1. The van der Waals surface area contributed by atoms with E-state index in [2.05, 4.69) is 9.88 Å². The fourth-order valence-electron chi connectivity index (χ4n) is 1.35. The minimum atomic E-state index is 0.114. The molecule has 0 saturated carbocycles. The van der Waals surface area contributed by atoms with Gasteiger partial charge < -0.3 is 10.6 Å². The maximum Gasteiger partial charge on any atom is 0.0947 e. The van der Waals surface area contributed by atoms with Gasteiger partial charge in [-0.2, -0.15) is 0 Å². The highest BCUT2D eigenvalue weighted by atomic mass is 32.1. The van der Waals surface area contributed by atoms with Crippen LogP contribution in [0, 0.1) is 18.3 Å². The third-order valence-electron chi connectivity index (χ3n) is 2.37. The first kappa shape index (κ1) is 12.1. The van der Waals surface area contributed by atoms with E-state index < -0.39 is 0 Å². The van der Waals surface area contributed by atoms with Crippen molar-refractivity contribution in [2.75, 3.05) is 13.6 Å². The largest absolute Gasteiger partial charge is 0.387 e. The Morgan fingerprint density at radius 2 is 2.40 bits per heavy atom. The van der Waals surface area contributed by atoms with Crippen LogP contribution in [0.2, 0.25) is 0 Å². The molecule has 0 aliphatic heterocycles. The highest BCUT2D eigenvalue weighted by Crippen LogP contribution is 2.14. The number of aromatic nitrogens is 1. The van der Waals surface area contributed by atoms with E-state index in [0.717, 1.165) is 18.8 Å². The van der Waals surface area contributed by atoms with Crippen molar-refractivity contribution in [3.05, 3.63) is 16.1 Å². The zero-order valence-corrected chi connectivity index (χ0v) is 10.3. The smallest absolute Gasteiger partial charge is 0.0947 e. The van der Waals surface area contributed by atoms with Crippen LogP contribution in [-0.4, -0.2) is 29.3 Å². The molecule has 15 heavy (non-hydrogen) atoms. The Kier molecular flexibility index (Phi) is 4.23. The Morgan fingerprint density at radius 3 is 2.87 bits per heavy atom. The molecule has 84 valence electrons. The minimum Gasteiger partial charge on any atom is -0.387 e. The summed E-state index contributed by atoms with van der Waals surface area (Å²) in [7, 11) is 2.04. The zero-order chi connectivity index (χ0) is 11.4. The van der Waals surface area contributed by atoms with Crippen LogP contribution in [0.25, 0.3) is 0 Å². The van der Waals surface area contributed by atoms with Gasteiger partial charge in [-0.25, -0.2) is 4.98 Å². The summed E-state index contributed by atoms with van der Waals surface area (Å²) in [6.07, 6.45) is 0. The molecule has 1 atom stereocenters. The summed E-state index contributed by atoms with van der Waals surface area (Å²) < 4.78 is 0. The molecular weight excluding hydrogens is 208 g/mol. The van der Waals surface area contributed by atoms with Gasteiger partial charge >= 0.3 is 0 Å². The molecule has 5 heteroatoms. The molecule has 1 aromatic heterocycles. The first-order valence-corrected chi connectivity index (χ1v) is 5.80. The normalized spacial score (nSPS) is 13.1. The molecule has 1 heterocycles. The molecule has 0 fully saturated rings. The molecule has 1 aromatic rings. The molecule has 0 spiro atoms. The Hall–Kier alpha value is -0.940. The average Bonchev–Trinajstić information content (AvgIpc) is 2.51. The highest BCUT2D eigenvalue weighted by molar-refractivity contribution is 7.09. The molecule has 1 unspecified atom stereocenters. The van der Waals surface area contributed by atoms with Crippen LogP contribution in [0.3, 0.4) is 0 Å². The summed E-state index contributed by atoms with van der Waals surface area (Å²) in [4.78, 5) is 7.67. The average molecular weight is 226 g/mol. The molecule has 4 nitrogen and oxygen atoms in total. The monoisotopic (exact) mass is 226 g/mol. The van der Waals surface area contributed by atoms with Gasteiger partial charge in [0, 0.05) is 23.9 Å². The lowest BCUT2D eigenvalue weighted by Gasteiger charge is -2.19. The van der Waals surface area contributed by atoms with E-state index in [4.69, 9.17) is 11.1 Å². The summed E-state index contributed by atoms with van der Waals surface area (Å²) in [6.45, 7) is 5.69. The van der Waals surface area contributed by atoms with Crippen molar-refractivity contribution in [3.63, 3.8) is 0 Å². The van der Waals surface area contributed by atoms with Gasteiger partial charge in [-0.05, 0) is 14.0 Å². The van der Waals surface area contributed by atoms with Crippen molar-refractivity contribution in [3.8, 4) is 0 Å². The first-order chi connectivity index (χ1) is 7.00. The van der Waals surface area contributed by atoms with Crippen molar-refractivity contribution < 1.29 is 0 Å². The lowest BCUT2D eigenvalue weighted by Crippen LogP contribution is -2.31. The molecule has 0 aromatic carbocycles. The van der Waals surface area contributed by atoms with Crippen LogP contribution < -0.4 is 5.73 Å². The molecule has 0 radical (unpaired) electrons. The van der Waals surface area contributed by atoms with Gasteiger partial charge in [0.25, 0.3) is 0 Å². The second kappa shape index (κ2) is 5.23. The lowest BCUT2D eigenvalue weighted by molar-refractivity contribution is 0.308. The summed E-state index contributed by atoms with van der Waals surface area (Å²) in [6, 6.07) is 0. The number of rotatable bonds is 5. The fraction of sp³-hybridized carbons (Fsp3) is 0.600. The second-order valence-corrected chi connectivity index (χ2v) is 4.85. The summed E-state index contributed by atoms with van der Waals surface area (Å²) in [5.74, 6) is 0.367. The molecule has 0 bridgehead atoms. The number of nitrogens with zero attached hydrogens (tertiary/aromatic N) is 2. The Bertz CT molecular complexity index is 334. The summed E-state index contributed by atoms with van der Waals surface area (Å²) >= 11 is 1.68. The Balaban J connectivity index is 2.46. The van der Waals surface area contributed by atoms with Crippen molar-refractivity contribution in [2.45, 2.75) is 20.4 Å². The van der Waals surface area contributed by atoms with Gasteiger partial charge in [0.1, 0.15) is 0 Å². The van der Waals surface area contributed by atoms with E-state index in [-0.39, 0.29) is 11.8 Å². The third-order valence-corrected chi connectivity index (χ3v) is 3.29. The van der Waals surface area contributed by atoms with Gasteiger partial charge in [-0.15, -0.1) is 11.3 Å². The van der Waals surface area contributed by atoms with E-state index >= 15 is 0 Å².